The molecule has 0 radical (unpaired) electrons. The van der Waals surface area contributed by atoms with Crippen molar-refractivity contribution in [3.63, 3.8) is 0 Å². The van der Waals surface area contributed by atoms with E-state index in [1.807, 2.05) is 24.3 Å². The third-order valence-electron chi connectivity index (χ3n) is 3.30. The lowest BCUT2D eigenvalue weighted by Crippen LogP contribution is -2.26. The van der Waals surface area contributed by atoms with Crippen LogP contribution in [0.4, 0.5) is 5.82 Å². The van der Waals surface area contributed by atoms with Crippen LogP contribution in [0.15, 0.2) is 51.6 Å². The molecule has 0 bridgehead atoms. The number of thiophene rings is 1. The van der Waals surface area contributed by atoms with Crippen LogP contribution in [0.1, 0.15) is 5.56 Å². The maximum atomic E-state index is 9.32. The van der Waals surface area contributed by atoms with E-state index in [1.165, 1.54) is 5.56 Å². The minimum absolute atomic E-state index is 0.111. The van der Waals surface area contributed by atoms with Gasteiger partial charge in [-0.25, -0.2) is 4.98 Å². The van der Waals surface area contributed by atoms with E-state index in [2.05, 4.69) is 43.7 Å². The molecule has 0 aliphatic heterocycles. The van der Waals surface area contributed by atoms with Gasteiger partial charge in [-0.05, 0) is 56.5 Å². The monoisotopic (exact) mass is 362 g/mol. The third kappa shape index (κ3) is 3.26. The van der Waals surface area contributed by atoms with Gasteiger partial charge in [-0.1, -0.05) is 12.1 Å². The van der Waals surface area contributed by atoms with Gasteiger partial charge in [-0.2, -0.15) is 11.3 Å². The Labute approximate surface area is 136 Å². The van der Waals surface area contributed by atoms with Gasteiger partial charge in [0.15, 0.2) is 0 Å². The molecule has 0 saturated carbocycles. The molecule has 0 aliphatic carbocycles. The molecular weight excluding hydrogens is 348 g/mol. The third-order valence-corrected chi connectivity index (χ3v) is 4.68. The topological polar surface area (TPSA) is 36.4 Å². The maximum Gasteiger partial charge on any atom is 0.129 e. The van der Waals surface area contributed by atoms with Crippen LogP contribution in [0.5, 0.6) is 0 Å². The first-order valence-corrected chi connectivity index (χ1v) is 8.43. The van der Waals surface area contributed by atoms with Crippen LogP contribution in [0.3, 0.4) is 0 Å². The molecule has 3 nitrogen and oxygen atoms in total. The number of aromatic nitrogens is 1. The van der Waals surface area contributed by atoms with Gasteiger partial charge in [0, 0.05) is 22.9 Å². The van der Waals surface area contributed by atoms with E-state index in [0.717, 1.165) is 27.7 Å². The number of aliphatic hydroxyl groups excluding tert-OH is 1. The summed E-state index contributed by atoms with van der Waals surface area (Å²) < 4.78 is 0.987. The molecule has 0 amide bonds. The predicted molar refractivity (Wildman–Crippen MR) is 91.9 cm³/mol. The minimum atomic E-state index is 0.111. The Balaban J connectivity index is 1.96. The fourth-order valence-corrected chi connectivity index (χ4v) is 3.41. The SMILES string of the molecule is OCCN(Cc1ccsc1)c1ccc2cccc(Br)c2n1. The Morgan fingerprint density at radius 3 is 2.86 bits per heavy atom. The predicted octanol–water partition coefficient (Wildman–Crippen LogP) is 4.06. The van der Waals surface area contributed by atoms with Crippen molar-refractivity contribution in [1.29, 1.82) is 0 Å². The van der Waals surface area contributed by atoms with Crippen molar-refractivity contribution in [2.45, 2.75) is 6.54 Å². The molecule has 0 atom stereocenters. The maximum absolute atomic E-state index is 9.32. The zero-order valence-electron chi connectivity index (χ0n) is 11.4. The Bertz CT molecular complexity index is 730. The number of benzene rings is 1. The summed E-state index contributed by atoms with van der Waals surface area (Å²) in [6, 6.07) is 12.2. The van der Waals surface area contributed by atoms with Crippen molar-refractivity contribution in [3.05, 3.63) is 57.2 Å². The van der Waals surface area contributed by atoms with Crippen molar-refractivity contribution in [1.82, 2.24) is 4.98 Å². The van der Waals surface area contributed by atoms with E-state index in [1.54, 1.807) is 11.3 Å². The molecule has 1 N–H and O–H groups in total. The lowest BCUT2D eigenvalue weighted by Gasteiger charge is -2.22. The smallest absolute Gasteiger partial charge is 0.129 e. The van der Waals surface area contributed by atoms with Crippen LogP contribution in [-0.4, -0.2) is 23.2 Å². The summed E-state index contributed by atoms with van der Waals surface area (Å²) in [6.45, 7) is 1.44. The molecule has 21 heavy (non-hydrogen) atoms. The van der Waals surface area contributed by atoms with E-state index in [-0.39, 0.29) is 6.61 Å². The zero-order chi connectivity index (χ0) is 14.7. The summed E-state index contributed by atoms with van der Waals surface area (Å²) in [7, 11) is 0. The van der Waals surface area contributed by atoms with Gasteiger partial charge >= 0.3 is 0 Å². The normalized spacial score (nSPS) is 11.0. The fourth-order valence-electron chi connectivity index (χ4n) is 2.28. The minimum Gasteiger partial charge on any atom is -0.395 e. The highest BCUT2D eigenvalue weighted by atomic mass is 79.9. The van der Waals surface area contributed by atoms with Crippen LogP contribution in [0.2, 0.25) is 0 Å². The first kappa shape index (κ1) is 14.5. The molecule has 0 fully saturated rings. The number of anilines is 1. The number of fused-ring (bicyclic) bond motifs is 1. The van der Waals surface area contributed by atoms with Crippen LogP contribution >= 0.6 is 27.3 Å². The molecule has 3 aromatic rings. The molecule has 0 aliphatic rings. The second-order valence-corrected chi connectivity index (χ2v) is 6.39. The van der Waals surface area contributed by atoms with Gasteiger partial charge in [0.2, 0.25) is 0 Å². The van der Waals surface area contributed by atoms with Gasteiger partial charge in [0.1, 0.15) is 5.82 Å². The molecule has 108 valence electrons. The molecule has 0 saturated heterocycles. The largest absolute Gasteiger partial charge is 0.395 e. The average Bonchev–Trinajstić information content (AvgIpc) is 3.00. The van der Waals surface area contributed by atoms with Gasteiger partial charge in [-0.15, -0.1) is 0 Å². The number of hydrogen-bond acceptors (Lipinski definition) is 4. The number of rotatable bonds is 5. The van der Waals surface area contributed by atoms with Crippen LogP contribution in [0, 0.1) is 0 Å². The summed E-state index contributed by atoms with van der Waals surface area (Å²) in [4.78, 5) is 6.84. The standard InChI is InChI=1S/C16H15BrN2OS/c17-14-3-1-2-13-4-5-15(18-16(13)14)19(7-8-20)10-12-6-9-21-11-12/h1-6,9,11,20H,7-8,10H2. The van der Waals surface area contributed by atoms with Crippen molar-refractivity contribution in [2.75, 3.05) is 18.1 Å². The first-order valence-electron chi connectivity index (χ1n) is 6.70. The summed E-state index contributed by atoms with van der Waals surface area (Å²) in [5.74, 6) is 0.884. The van der Waals surface area contributed by atoms with E-state index in [9.17, 15) is 5.11 Å². The summed E-state index contributed by atoms with van der Waals surface area (Å²) in [5.41, 5.74) is 2.19. The van der Waals surface area contributed by atoms with Gasteiger partial charge < -0.3 is 10.0 Å². The highest BCUT2D eigenvalue weighted by molar-refractivity contribution is 9.10. The Kier molecular flexibility index (Phi) is 4.53. The number of pyridine rings is 1. The number of halogens is 1. The quantitative estimate of drug-likeness (QED) is 0.743. The van der Waals surface area contributed by atoms with E-state index < -0.39 is 0 Å². The van der Waals surface area contributed by atoms with E-state index in [0.29, 0.717) is 6.54 Å². The first-order chi connectivity index (χ1) is 10.3. The van der Waals surface area contributed by atoms with Gasteiger partial charge in [0.25, 0.3) is 0 Å². The number of para-hydroxylation sites is 1. The molecule has 3 rings (SSSR count). The average molecular weight is 363 g/mol. The van der Waals surface area contributed by atoms with Crippen LogP contribution < -0.4 is 4.90 Å². The molecule has 2 heterocycles. The second-order valence-electron chi connectivity index (χ2n) is 4.76. The van der Waals surface area contributed by atoms with Crippen LogP contribution in [0.25, 0.3) is 10.9 Å². The van der Waals surface area contributed by atoms with Crippen molar-refractivity contribution >= 4 is 44.0 Å². The highest BCUT2D eigenvalue weighted by Crippen LogP contribution is 2.25. The second kappa shape index (κ2) is 6.56. The van der Waals surface area contributed by atoms with Crippen molar-refractivity contribution in [2.24, 2.45) is 0 Å². The van der Waals surface area contributed by atoms with Crippen molar-refractivity contribution < 1.29 is 5.11 Å². The summed E-state index contributed by atoms with van der Waals surface area (Å²) >= 11 is 5.23. The number of nitrogens with zero attached hydrogens (tertiary/aromatic N) is 2. The zero-order valence-corrected chi connectivity index (χ0v) is 13.8. The summed E-state index contributed by atoms with van der Waals surface area (Å²) in [5, 5.41) is 14.6. The number of hydrogen-bond donors (Lipinski definition) is 1. The molecule has 0 spiro atoms. The molecule has 5 heteroatoms. The van der Waals surface area contributed by atoms with Gasteiger partial charge in [0.05, 0.1) is 12.1 Å². The molecule has 2 aromatic heterocycles. The molecule has 1 aromatic carbocycles. The lowest BCUT2D eigenvalue weighted by atomic mass is 10.2. The van der Waals surface area contributed by atoms with E-state index >= 15 is 0 Å². The fraction of sp³-hybridized carbons (Fsp3) is 0.188. The van der Waals surface area contributed by atoms with Gasteiger partial charge in [-0.3, -0.25) is 0 Å². The van der Waals surface area contributed by atoms with Crippen LogP contribution in [-0.2, 0) is 6.54 Å². The lowest BCUT2D eigenvalue weighted by molar-refractivity contribution is 0.301. The Morgan fingerprint density at radius 1 is 1.19 bits per heavy atom. The Morgan fingerprint density at radius 2 is 2.10 bits per heavy atom. The summed E-state index contributed by atoms with van der Waals surface area (Å²) in [6.07, 6.45) is 0. The Hall–Kier alpha value is -1.43. The highest BCUT2D eigenvalue weighted by Gasteiger charge is 2.10. The molecular formula is C16H15BrN2OS. The van der Waals surface area contributed by atoms with E-state index in [4.69, 9.17) is 4.98 Å². The molecule has 0 unspecified atom stereocenters. The number of aliphatic hydroxyl groups is 1. The van der Waals surface area contributed by atoms with Crippen molar-refractivity contribution in [3.8, 4) is 0 Å².